The number of amides is 1. The van der Waals surface area contributed by atoms with Crippen molar-refractivity contribution in [2.75, 3.05) is 6.54 Å². The molecule has 1 amide bonds. The molecule has 0 unspecified atom stereocenters. The third-order valence-corrected chi connectivity index (χ3v) is 4.39. The average Bonchev–Trinajstić information content (AvgIpc) is 2.26. The average molecular weight is 367 g/mol. The van der Waals surface area contributed by atoms with Crippen LogP contribution < -0.4 is 10.5 Å². The summed E-state index contributed by atoms with van der Waals surface area (Å²) in [6, 6.07) is 1.72. The monoisotopic (exact) mass is 366 g/mol. The van der Waals surface area contributed by atoms with E-state index in [-0.39, 0.29) is 15.5 Å². The minimum Gasteiger partial charge on any atom is -0.351 e. The highest BCUT2D eigenvalue weighted by Crippen LogP contribution is 2.26. The van der Waals surface area contributed by atoms with E-state index in [1.54, 1.807) is 0 Å². The molecule has 0 aliphatic heterocycles. The lowest BCUT2D eigenvalue weighted by Gasteiger charge is -2.19. The molecule has 0 atom stereocenters. The summed E-state index contributed by atoms with van der Waals surface area (Å²) in [6.45, 7) is 6.12. The number of carbonyl (C=O) groups excluding carboxylic acids is 1. The minimum absolute atomic E-state index is 0.0483. The van der Waals surface area contributed by atoms with Crippen molar-refractivity contribution < 1.29 is 17.6 Å². The fourth-order valence-electron chi connectivity index (χ4n) is 1.38. The smallest absolute Gasteiger partial charge is 0.252 e. The molecule has 1 rings (SSSR count). The van der Waals surface area contributed by atoms with Gasteiger partial charge in [0.1, 0.15) is 5.82 Å². The molecule has 0 saturated heterocycles. The molecular weight excluding hydrogens is 351 g/mol. The Balaban J connectivity index is 3.20. The van der Waals surface area contributed by atoms with E-state index in [4.69, 9.17) is 5.14 Å². The lowest BCUT2D eigenvalue weighted by atomic mass is 9.97. The number of hydrogen-bond donors (Lipinski definition) is 2. The summed E-state index contributed by atoms with van der Waals surface area (Å²) in [5, 5.41) is 7.60. The summed E-state index contributed by atoms with van der Waals surface area (Å²) in [4.78, 5) is 11.5. The van der Waals surface area contributed by atoms with Gasteiger partial charge in [-0.15, -0.1) is 0 Å². The number of rotatable bonds is 3. The van der Waals surface area contributed by atoms with E-state index in [9.17, 15) is 17.6 Å². The fraction of sp³-hybridized carbons (Fsp3) is 0.417. The zero-order valence-corrected chi connectivity index (χ0v) is 13.7. The van der Waals surface area contributed by atoms with Crippen molar-refractivity contribution in [3.63, 3.8) is 0 Å². The van der Waals surface area contributed by atoms with Crippen LogP contribution in [0.2, 0.25) is 0 Å². The molecule has 0 heterocycles. The highest BCUT2D eigenvalue weighted by Gasteiger charge is 2.22. The maximum Gasteiger partial charge on any atom is 0.252 e. The van der Waals surface area contributed by atoms with Crippen molar-refractivity contribution in [2.24, 2.45) is 10.6 Å². The second kappa shape index (κ2) is 5.79. The van der Waals surface area contributed by atoms with Crippen LogP contribution >= 0.6 is 15.9 Å². The number of nitrogens with two attached hydrogens (primary N) is 1. The third-order valence-electron chi connectivity index (χ3n) is 2.33. The van der Waals surface area contributed by atoms with Gasteiger partial charge in [0.25, 0.3) is 5.91 Å². The topological polar surface area (TPSA) is 89.3 Å². The molecule has 1 aromatic rings. The zero-order chi connectivity index (χ0) is 15.7. The van der Waals surface area contributed by atoms with Gasteiger partial charge in [-0.3, -0.25) is 4.79 Å². The molecule has 5 nitrogen and oxygen atoms in total. The van der Waals surface area contributed by atoms with Gasteiger partial charge in [0.05, 0.1) is 14.9 Å². The summed E-state index contributed by atoms with van der Waals surface area (Å²) < 4.78 is 36.1. The van der Waals surface area contributed by atoms with Gasteiger partial charge in [-0.1, -0.05) is 20.8 Å². The van der Waals surface area contributed by atoms with Crippen LogP contribution in [0.15, 0.2) is 21.5 Å². The summed E-state index contributed by atoms with van der Waals surface area (Å²) in [6.07, 6.45) is 0. The normalized spacial score (nSPS) is 12.3. The number of sulfonamides is 1. The Kier molecular flexibility index (Phi) is 4.94. The molecule has 1 aromatic carbocycles. The highest BCUT2D eigenvalue weighted by molar-refractivity contribution is 9.10. The van der Waals surface area contributed by atoms with E-state index in [0.717, 1.165) is 12.1 Å². The van der Waals surface area contributed by atoms with E-state index >= 15 is 0 Å². The standard InChI is InChI=1S/C12H16BrFN2O3S/c1-12(2,3)6-16-11(17)8-4-7(14)5-9(10(8)13)20(15,18)19/h4-5H,6H2,1-3H3,(H,16,17)(H2,15,18,19). The summed E-state index contributed by atoms with van der Waals surface area (Å²) >= 11 is 2.99. The van der Waals surface area contributed by atoms with Crippen molar-refractivity contribution in [2.45, 2.75) is 25.7 Å². The summed E-state index contributed by atoms with van der Waals surface area (Å²) in [5.41, 5.74) is -0.267. The molecule has 20 heavy (non-hydrogen) atoms. The van der Waals surface area contributed by atoms with Crippen molar-refractivity contribution >= 4 is 31.9 Å². The predicted molar refractivity (Wildman–Crippen MR) is 77.3 cm³/mol. The fourth-order valence-corrected chi connectivity index (χ4v) is 3.10. The van der Waals surface area contributed by atoms with Crippen LogP contribution in [0.4, 0.5) is 4.39 Å². The Morgan fingerprint density at radius 3 is 2.40 bits per heavy atom. The van der Waals surface area contributed by atoms with Crippen molar-refractivity contribution in [1.82, 2.24) is 5.32 Å². The first-order valence-corrected chi connectivity index (χ1v) is 8.06. The van der Waals surface area contributed by atoms with Crippen molar-refractivity contribution in [1.29, 1.82) is 0 Å². The minimum atomic E-state index is -4.12. The van der Waals surface area contributed by atoms with E-state index in [1.807, 2.05) is 20.8 Å². The van der Waals surface area contributed by atoms with Crippen LogP contribution in [0.1, 0.15) is 31.1 Å². The second-order valence-electron chi connectivity index (χ2n) is 5.55. The Morgan fingerprint density at radius 2 is 1.95 bits per heavy atom. The van der Waals surface area contributed by atoms with Gasteiger partial charge in [0.2, 0.25) is 10.0 Å². The van der Waals surface area contributed by atoms with Gasteiger partial charge in [0.15, 0.2) is 0 Å². The van der Waals surface area contributed by atoms with Crippen LogP contribution in [-0.2, 0) is 10.0 Å². The van der Waals surface area contributed by atoms with E-state index in [1.165, 1.54) is 0 Å². The maximum atomic E-state index is 13.5. The van der Waals surface area contributed by atoms with E-state index in [2.05, 4.69) is 21.2 Å². The predicted octanol–water partition coefficient (Wildman–Crippen LogP) is 2.01. The zero-order valence-electron chi connectivity index (χ0n) is 11.3. The lowest BCUT2D eigenvalue weighted by Crippen LogP contribution is -2.32. The van der Waals surface area contributed by atoms with Crippen LogP contribution in [0.25, 0.3) is 0 Å². The lowest BCUT2D eigenvalue weighted by molar-refractivity contribution is 0.0938. The Labute approximate surface area is 125 Å². The first-order chi connectivity index (χ1) is 8.92. The van der Waals surface area contributed by atoms with E-state index < -0.39 is 26.6 Å². The number of benzene rings is 1. The van der Waals surface area contributed by atoms with Gasteiger partial charge in [-0.25, -0.2) is 17.9 Å². The number of halogens is 2. The summed E-state index contributed by atoms with van der Waals surface area (Å²) in [5.74, 6) is -1.42. The molecular formula is C12H16BrFN2O3S. The van der Waals surface area contributed by atoms with Crippen LogP contribution in [0.3, 0.4) is 0 Å². The van der Waals surface area contributed by atoms with Crippen LogP contribution in [-0.4, -0.2) is 20.9 Å². The van der Waals surface area contributed by atoms with E-state index in [0.29, 0.717) is 6.54 Å². The Bertz CT molecular complexity index is 639. The third kappa shape index (κ3) is 4.53. The Morgan fingerprint density at radius 1 is 1.40 bits per heavy atom. The highest BCUT2D eigenvalue weighted by atomic mass is 79.9. The second-order valence-corrected chi connectivity index (χ2v) is 7.88. The summed E-state index contributed by atoms with van der Waals surface area (Å²) in [7, 11) is -4.12. The van der Waals surface area contributed by atoms with Gasteiger partial charge < -0.3 is 5.32 Å². The molecule has 0 aliphatic rings. The molecule has 0 bridgehead atoms. The van der Waals surface area contributed by atoms with Gasteiger partial charge in [-0.2, -0.15) is 0 Å². The molecule has 3 N–H and O–H groups in total. The first kappa shape index (κ1) is 17.1. The van der Waals surface area contributed by atoms with Crippen LogP contribution in [0.5, 0.6) is 0 Å². The molecule has 112 valence electrons. The molecule has 0 spiro atoms. The molecule has 0 radical (unpaired) electrons. The molecule has 0 aromatic heterocycles. The first-order valence-electron chi connectivity index (χ1n) is 5.72. The number of nitrogens with one attached hydrogen (secondary N) is 1. The quantitative estimate of drug-likeness (QED) is 0.857. The molecule has 8 heteroatoms. The SMILES string of the molecule is CC(C)(C)CNC(=O)c1cc(F)cc(S(N)(=O)=O)c1Br. The van der Waals surface area contributed by atoms with Gasteiger partial charge >= 0.3 is 0 Å². The van der Waals surface area contributed by atoms with Gasteiger partial charge in [-0.05, 0) is 33.5 Å². The van der Waals surface area contributed by atoms with Crippen molar-refractivity contribution in [3.05, 3.63) is 28.0 Å². The number of hydrogen-bond acceptors (Lipinski definition) is 3. The molecule has 0 saturated carbocycles. The van der Waals surface area contributed by atoms with Crippen LogP contribution in [0, 0.1) is 11.2 Å². The maximum absolute atomic E-state index is 13.5. The van der Waals surface area contributed by atoms with Gasteiger partial charge in [0, 0.05) is 6.54 Å². The molecule has 0 aliphatic carbocycles. The Hall–Kier alpha value is -0.990. The number of primary sulfonamides is 1. The molecule has 0 fully saturated rings. The van der Waals surface area contributed by atoms with Crippen molar-refractivity contribution in [3.8, 4) is 0 Å². The number of carbonyl (C=O) groups is 1. The largest absolute Gasteiger partial charge is 0.351 e.